The average molecular weight is 282 g/mol. The van der Waals surface area contributed by atoms with Gasteiger partial charge in [-0.25, -0.2) is 0 Å². The summed E-state index contributed by atoms with van der Waals surface area (Å²) in [6, 6.07) is 17.2. The maximum absolute atomic E-state index is 5.98. The number of ether oxygens (including phenoxy) is 1. The van der Waals surface area contributed by atoms with Gasteiger partial charge in [0, 0.05) is 38.4 Å². The molecule has 2 aromatic rings. The minimum absolute atomic E-state index is 0.728. The van der Waals surface area contributed by atoms with Crippen LogP contribution in [0.25, 0.3) is 0 Å². The Morgan fingerprint density at radius 1 is 1.05 bits per heavy atom. The van der Waals surface area contributed by atoms with Gasteiger partial charge in [-0.15, -0.1) is 0 Å². The highest BCUT2D eigenvalue weighted by atomic mass is 16.5. The van der Waals surface area contributed by atoms with Crippen molar-refractivity contribution in [2.24, 2.45) is 0 Å². The lowest BCUT2D eigenvalue weighted by Gasteiger charge is -2.14. The van der Waals surface area contributed by atoms with Crippen molar-refractivity contribution in [1.29, 1.82) is 0 Å². The Labute approximate surface area is 126 Å². The van der Waals surface area contributed by atoms with E-state index in [9.17, 15) is 0 Å². The van der Waals surface area contributed by atoms with Gasteiger partial charge >= 0.3 is 0 Å². The summed E-state index contributed by atoms with van der Waals surface area (Å²) in [5.74, 6) is 1.76. The van der Waals surface area contributed by atoms with E-state index in [0.29, 0.717) is 0 Å². The lowest BCUT2D eigenvalue weighted by atomic mass is 10.2. The van der Waals surface area contributed by atoms with E-state index in [1.54, 1.807) is 0 Å². The fourth-order valence-electron chi connectivity index (χ4n) is 2.23. The van der Waals surface area contributed by atoms with Crippen LogP contribution in [0.1, 0.15) is 18.4 Å². The van der Waals surface area contributed by atoms with Crippen LogP contribution in [-0.4, -0.2) is 20.1 Å². The van der Waals surface area contributed by atoms with Crippen molar-refractivity contribution in [1.82, 2.24) is 5.32 Å². The minimum atomic E-state index is 0.728. The van der Waals surface area contributed by atoms with Crippen LogP contribution in [0.3, 0.4) is 0 Å². The number of hydrogen-bond acceptors (Lipinski definition) is 3. The van der Waals surface area contributed by atoms with Crippen LogP contribution in [-0.2, 0) is 6.54 Å². The van der Waals surface area contributed by atoms with Gasteiger partial charge in [-0.1, -0.05) is 18.2 Å². The zero-order valence-corrected chi connectivity index (χ0v) is 12.7. The maximum atomic E-state index is 5.98. The number of nitrogens with one attached hydrogen (secondary N) is 1. The molecule has 0 aromatic heterocycles. The smallest absolute Gasteiger partial charge is 0.129 e. The summed E-state index contributed by atoms with van der Waals surface area (Å²) in [4.78, 5) is 2.07. The number of hydrogen-bond donors (Lipinski definition) is 1. The van der Waals surface area contributed by atoms with Crippen LogP contribution in [0.15, 0.2) is 48.5 Å². The highest BCUT2D eigenvalue weighted by Crippen LogP contribution is 2.26. The Balaban J connectivity index is 1.68. The summed E-state index contributed by atoms with van der Waals surface area (Å²) in [6.45, 7) is 0.916. The molecular formula is C18H22N2O. The Hall–Kier alpha value is -2.00. The fourth-order valence-corrected chi connectivity index (χ4v) is 2.23. The summed E-state index contributed by atoms with van der Waals surface area (Å²) in [5.41, 5.74) is 2.40. The molecule has 1 fully saturated rings. The first kappa shape index (κ1) is 14.0. The molecular weight excluding hydrogens is 260 g/mol. The van der Waals surface area contributed by atoms with Gasteiger partial charge in [0.2, 0.25) is 0 Å². The molecule has 0 amide bonds. The summed E-state index contributed by atoms with van der Waals surface area (Å²) >= 11 is 0. The van der Waals surface area contributed by atoms with E-state index in [1.807, 2.05) is 32.3 Å². The summed E-state index contributed by atoms with van der Waals surface area (Å²) in [6.07, 6.45) is 2.63. The van der Waals surface area contributed by atoms with Crippen LogP contribution in [0.5, 0.6) is 11.5 Å². The van der Waals surface area contributed by atoms with E-state index in [1.165, 1.54) is 18.4 Å². The molecule has 21 heavy (non-hydrogen) atoms. The standard InChI is InChI=1S/C18H22N2O/c1-20(2)16-6-4-8-18(12-16)21-17-7-3-5-14(11-17)13-19-15-9-10-15/h3-8,11-12,15,19H,9-10,13H2,1-2H3. The fraction of sp³-hybridized carbons (Fsp3) is 0.333. The second-order valence-corrected chi connectivity index (χ2v) is 5.80. The monoisotopic (exact) mass is 282 g/mol. The summed E-state index contributed by atoms with van der Waals surface area (Å²) in [7, 11) is 4.06. The molecule has 3 heteroatoms. The molecule has 1 aliphatic rings. The Morgan fingerprint density at radius 3 is 2.48 bits per heavy atom. The zero-order valence-electron chi connectivity index (χ0n) is 12.7. The van der Waals surface area contributed by atoms with Crippen molar-refractivity contribution >= 4 is 5.69 Å². The van der Waals surface area contributed by atoms with Gasteiger partial charge in [-0.2, -0.15) is 0 Å². The molecule has 1 aliphatic carbocycles. The third kappa shape index (κ3) is 3.99. The predicted molar refractivity (Wildman–Crippen MR) is 87.1 cm³/mol. The SMILES string of the molecule is CN(C)c1cccc(Oc2cccc(CNC3CC3)c2)c1. The van der Waals surface area contributed by atoms with Crippen LogP contribution in [0.4, 0.5) is 5.69 Å². The molecule has 0 aliphatic heterocycles. The Morgan fingerprint density at radius 2 is 1.76 bits per heavy atom. The third-order valence-electron chi connectivity index (χ3n) is 3.64. The van der Waals surface area contributed by atoms with Gasteiger partial charge in [0.15, 0.2) is 0 Å². The van der Waals surface area contributed by atoms with Crippen molar-refractivity contribution in [2.75, 3.05) is 19.0 Å². The normalized spacial score (nSPS) is 14.0. The van der Waals surface area contributed by atoms with Crippen molar-refractivity contribution < 1.29 is 4.74 Å². The first-order valence-corrected chi connectivity index (χ1v) is 7.48. The summed E-state index contributed by atoms with van der Waals surface area (Å²) < 4.78 is 5.98. The Bertz CT molecular complexity index is 606. The van der Waals surface area contributed by atoms with Crippen LogP contribution >= 0.6 is 0 Å². The van der Waals surface area contributed by atoms with Gasteiger partial charge in [-0.3, -0.25) is 0 Å². The number of nitrogens with zero attached hydrogens (tertiary/aromatic N) is 1. The van der Waals surface area contributed by atoms with E-state index >= 15 is 0 Å². The molecule has 0 bridgehead atoms. The predicted octanol–water partition coefficient (Wildman–Crippen LogP) is 3.80. The molecule has 0 saturated heterocycles. The number of anilines is 1. The first-order valence-electron chi connectivity index (χ1n) is 7.48. The molecule has 0 spiro atoms. The second kappa shape index (κ2) is 6.19. The molecule has 3 nitrogen and oxygen atoms in total. The van der Waals surface area contributed by atoms with Crippen molar-refractivity contribution in [3.63, 3.8) is 0 Å². The van der Waals surface area contributed by atoms with E-state index in [2.05, 4.69) is 40.5 Å². The minimum Gasteiger partial charge on any atom is -0.457 e. The lowest BCUT2D eigenvalue weighted by Crippen LogP contribution is -2.15. The molecule has 0 atom stereocenters. The van der Waals surface area contributed by atoms with E-state index < -0.39 is 0 Å². The molecule has 2 aromatic carbocycles. The average Bonchev–Trinajstić information content (AvgIpc) is 3.30. The first-order chi connectivity index (χ1) is 10.2. The molecule has 110 valence electrons. The molecule has 0 unspecified atom stereocenters. The number of benzene rings is 2. The highest BCUT2D eigenvalue weighted by Gasteiger charge is 2.19. The van der Waals surface area contributed by atoms with Crippen LogP contribution in [0.2, 0.25) is 0 Å². The lowest BCUT2D eigenvalue weighted by molar-refractivity contribution is 0.481. The summed E-state index contributed by atoms with van der Waals surface area (Å²) in [5, 5.41) is 3.53. The Kier molecular flexibility index (Phi) is 4.11. The van der Waals surface area contributed by atoms with Gasteiger partial charge in [-0.05, 0) is 42.7 Å². The molecule has 1 N–H and O–H groups in total. The van der Waals surface area contributed by atoms with Gasteiger partial charge in [0.1, 0.15) is 11.5 Å². The topological polar surface area (TPSA) is 24.5 Å². The van der Waals surface area contributed by atoms with Crippen molar-refractivity contribution in [3.05, 3.63) is 54.1 Å². The van der Waals surface area contributed by atoms with Gasteiger partial charge in [0.05, 0.1) is 0 Å². The van der Waals surface area contributed by atoms with E-state index in [4.69, 9.17) is 4.74 Å². The molecule has 0 heterocycles. The highest BCUT2D eigenvalue weighted by molar-refractivity contribution is 5.50. The second-order valence-electron chi connectivity index (χ2n) is 5.80. The largest absolute Gasteiger partial charge is 0.457 e. The van der Waals surface area contributed by atoms with Crippen molar-refractivity contribution in [2.45, 2.75) is 25.4 Å². The van der Waals surface area contributed by atoms with Crippen molar-refractivity contribution in [3.8, 4) is 11.5 Å². The molecule has 3 rings (SSSR count). The van der Waals surface area contributed by atoms with Crippen LogP contribution in [0, 0.1) is 0 Å². The molecule has 0 radical (unpaired) electrons. The van der Waals surface area contributed by atoms with Gasteiger partial charge in [0.25, 0.3) is 0 Å². The van der Waals surface area contributed by atoms with Gasteiger partial charge < -0.3 is 15.0 Å². The third-order valence-corrected chi connectivity index (χ3v) is 3.64. The van der Waals surface area contributed by atoms with Crippen LogP contribution < -0.4 is 15.0 Å². The number of rotatable bonds is 6. The quantitative estimate of drug-likeness (QED) is 0.872. The molecule has 1 saturated carbocycles. The zero-order chi connectivity index (χ0) is 14.7. The van der Waals surface area contributed by atoms with E-state index in [0.717, 1.165) is 29.8 Å². The van der Waals surface area contributed by atoms with E-state index in [-0.39, 0.29) is 0 Å². The maximum Gasteiger partial charge on any atom is 0.129 e.